The Morgan fingerprint density at radius 2 is 2.00 bits per heavy atom. The summed E-state index contributed by atoms with van der Waals surface area (Å²) in [5.41, 5.74) is -1.80. The molecule has 0 aromatic carbocycles. The fourth-order valence-corrected chi connectivity index (χ4v) is 2.35. The van der Waals surface area contributed by atoms with Crippen molar-refractivity contribution in [3.8, 4) is 0 Å². The maximum absolute atomic E-state index is 13.2. The van der Waals surface area contributed by atoms with Crippen LogP contribution in [0.1, 0.15) is 34.1 Å². The zero-order valence-electron chi connectivity index (χ0n) is 12.0. The molecule has 5 heteroatoms. The molecule has 1 aliphatic carbocycles. The van der Waals surface area contributed by atoms with Crippen molar-refractivity contribution >= 4 is 11.8 Å². The van der Waals surface area contributed by atoms with E-state index in [0.29, 0.717) is 5.57 Å². The summed E-state index contributed by atoms with van der Waals surface area (Å²) in [6, 6.07) is 0. The smallest absolute Gasteiger partial charge is 0.365 e. The molecule has 0 aromatic heterocycles. The van der Waals surface area contributed by atoms with Crippen LogP contribution in [0.4, 0.5) is 4.39 Å². The van der Waals surface area contributed by atoms with Gasteiger partial charge in [-0.15, -0.1) is 0 Å². The Balaban J connectivity index is 3.23. The van der Waals surface area contributed by atoms with Gasteiger partial charge in [-0.3, -0.25) is 4.79 Å². The fraction of sp³-hybridized carbons (Fsp3) is 0.467. The number of rotatable bonds is 3. The number of carboxylic acids is 1. The molecule has 1 unspecified atom stereocenters. The first-order chi connectivity index (χ1) is 9.01. The van der Waals surface area contributed by atoms with Crippen molar-refractivity contribution < 1.29 is 24.2 Å². The fourth-order valence-electron chi connectivity index (χ4n) is 2.35. The Hall–Kier alpha value is -1.75. The number of allylic oxidation sites excluding steroid dienone is 3. The topological polar surface area (TPSA) is 74.6 Å². The van der Waals surface area contributed by atoms with Gasteiger partial charge in [0.2, 0.25) is 5.83 Å². The largest absolute Gasteiger partial charge is 0.476 e. The molecular weight excluding hydrogens is 263 g/mol. The van der Waals surface area contributed by atoms with E-state index in [9.17, 15) is 19.1 Å². The highest BCUT2D eigenvalue weighted by Gasteiger charge is 2.46. The summed E-state index contributed by atoms with van der Waals surface area (Å²) in [6.07, 6.45) is 4.11. The lowest BCUT2D eigenvalue weighted by molar-refractivity contribution is -0.134. The van der Waals surface area contributed by atoms with Crippen molar-refractivity contribution in [2.45, 2.75) is 39.7 Å². The quantitative estimate of drug-likeness (QED) is 0.616. The van der Waals surface area contributed by atoms with E-state index in [4.69, 9.17) is 5.11 Å². The van der Waals surface area contributed by atoms with Crippen molar-refractivity contribution in [3.05, 3.63) is 35.2 Å². The predicted molar refractivity (Wildman–Crippen MR) is 72.7 cm³/mol. The standard InChI is InChI=1S/C15H19FO4/c1-9(12(16)13(18)19)5-6-15(20)10(2)7-11(17)8-14(15,3)4/h5-7,20H,8H2,1-4H3,(H,18,19)/b6-5+,12-9-. The first-order valence-electron chi connectivity index (χ1n) is 6.24. The van der Waals surface area contributed by atoms with E-state index in [-0.39, 0.29) is 17.8 Å². The van der Waals surface area contributed by atoms with Gasteiger partial charge in [0.15, 0.2) is 5.78 Å². The highest BCUT2D eigenvalue weighted by molar-refractivity contribution is 5.92. The zero-order chi connectivity index (χ0) is 15.7. The lowest BCUT2D eigenvalue weighted by Gasteiger charge is -2.43. The van der Waals surface area contributed by atoms with Crippen LogP contribution in [-0.4, -0.2) is 27.6 Å². The van der Waals surface area contributed by atoms with E-state index in [0.717, 1.165) is 0 Å². The minimum absolute atomic E-state index is 0.0745. The van der Waals surface area contributed by atoms with Gasteiger partial charge in [-0.1, -0.05) is 19.9 Å². The molecule has 0 radical (unpaired) electrons. The number of carbonyl (C=O) groups is 2. The second-order valence-electron chi connectivity index (χ2n) is 5.76. The van der Waals surface area contributed by atoms with E-state index >= 15 is 0 Å². The SMILES string of the molecule is CC1=CC(=O)CC(C)(C)C1(O)/C=C/C(C)=C(\F)C(=O)O. The number of halogens is 1. The maximum atomic E-state index is 13.2. The van der Waals surface area contributed by atoms with Crippen LogP contribution in [0.3, 0.4) is 0 Å². The van der Waals surface area contributed by atoms with Crippen LogP contribution >= 0.6 is 0 Å². The summed E-state index contributed by atoms with van der Waals surface area (Å²) in [4.78, 5) is 22.1. The first-order valence-corrected chi connectivity index (χ1v) is 6.24. The van der Waals surface area contributed by atoms with Crippen LogP contribution in [0.2, 0.25) is 0 Å². The van der Waals surface area contributed by atoms with Crippen molar-refractivity contribution in [3.63, 3.8) is 0 Å². The Morgan fingerprint density at radius 1 is 1.45 bits per heavy atom. The molecule has 0 spiro atoms. The van der Waals surface area contributed by atoms with Crippen LogP contribution in [0, 0.1) is 5.41 Å². The summed E-state index contributed by atoms with van der Waals surface area (Å²) in [5, 5.41) is 19.3. The van der Waals surface area contributed by atoms with E-state index in [1.165, 1.54) is 25.2 Å². The molecular formula is C15H19FO4. The highest BCUT2D eigenvalue weighted by Crippen LogP contribution is 2.44. The Bertz CT molecular complexity index is 540. The van der Waals surface area contributed by atoms with Crippen LogP contribution < -0.4 is 0 Å². The van der Waals surface area contributed by atoms with Gasteiger partial charge in [0.25, 0.3) is 0 Å². The van der Waals surface area contributed by atoms with E-state index in [1.807, 2.05) is 0 Å². The van der Waals surface area contributed by atoms with Crippen molar-refractivity contribution in [1.29, 1.82) is 0 Å². The number of carbonyl (C=O) groups excluding carboxylic acids is 1. The molecule has 0 heterocycles. The Morgan fingerprint density at radius 3 is 2.45 bits per heavy atom. The molecule has 4 nitrogen and oxygen atoms in total. The second kappa shape index (κ2) is 5.32. The maximum Gasteiger partial charge on any atom is 0.365 e. The number of hydrogen-bond acceptors (Lipinski definition) is 3. The monoisotopic (exact) mass is 282 g/mol. The van der Waals surface area contributed by atoms with E-state index < -0.39 is 22.8 Å². The summed E-state index contributed by atoms with van der Waals surface area (Å²) < 4.78 is 13.2. The van der Waals surface area contributed by atoms with Crippen molar-refractivity contribution in [1.82, 2.24) is 0 Å². The van der Waals surface area contributed by atoms with Gasteiger partial charge in [-0.25, -0.2) is 4.79 Å². The molecule has 0 aliphatic heterocycles. The van der Waals surface area contributed by atoms with Gasteiger partial charge < -0.3 is 10.2 Å². The minimum atomic E-state index is -1.65. The Kier molecular flexibility index (Phi) is 4.34. The molecule has 0 saturated heterocycles. The number of ketones is 1. The summed E-state index contributed by atoms with van der Waals surface area (Å²) >= 11 is 0. The van der Waals surface area contributed by atoms with Gasteiger partial charge in [0, 0.05) is 11.8 Å². The average molecular weight is 282 g/mol. The third-order valence-corrected chi connectivity index (χ3v) is 3.74. The van der Waals surface area contributed by atoms with Gasteiger partial charge in [0.05, 0.1) is 0 Å². The molecule has 20 heavy (non-hydrogen) atoms. The molecule has 1 rings (SSSR count). The van der Waals surface area contributed by atoms with Crippen molar-refractivity contribution in [2.75, 3.05) is 0 Å². The molecule has 0 bridgehead atoms. The lowest BCUT2D eigenvalue weighted by Crippen LogP contribution is -2.48. The lowest BCUT2D eigenvalue weighted by atomic mass is 9.64. The molecule has 2 N–H and O–H groups in total. The molecule has 0 amide bonds. The number of hydrogen-bond donors (Lipinski definition) is 2. The first kappa shape index (κ1) is 16.3. The minimum Gasteiger partial charge on any atom is -0.476 e. The van der Waals surface area contributed by atoms with Gasteiger partial charge in [0.1, 0.15) is 5.60 Å². The molecule has 0 saturated carbocycles. The molecule has 0 fully saturated rings. The van der Waals surface area contributed by atoms with E-state index in [1.54, 1.807) is 20.8 Å². The normalized spacial score (nSPS) is 27.3. The molecule has 1 atom stereocenters. The summed E-state index contributed by atoms with van der Waals surface area (Å²) in [6.45, 7) is 6.40. The summed E-state index contributed by atoms with van der Waals surface area (Å²) in [5.74, 6) is -2.99. The third-order valence-electron chi connectivity index (χ3n) is 3.74. The van der Waals surface area contributed by atoms with E-state index in [2.05, 4.69) is 0 Å². The Labute approximate surface area is 117 Å². The van der Waals surface area contributed by atoms with Gasteiger partial charge in [-0.2, -0.15) is 4.39 Å². The van der Waals surface area contributed by atoms with Gasteiger partial charge >= 0.3 is 5.97 Å². The van der Waals surface area contributed by atoms with Crippen LogP contribution in [0.15, 0.2) is 35.2 Å². The predicted octanol–water partition coefficient (Wildman–Crippen LogP) is 2.55. The second-order valence-corrected chi connectivity index (χ2v) is 5.76. The molecule has 1 aliphatic rings. The zero-order valence-corrected chi connectivity index (χ0v) is 12.0. The average Bonchev–Trinajstić information content (AvgIpc) is 2.31. The van der Waals surface area contributed by atoms with Crippen LogP contribution in [0.25, 0.3) is 0 Å². The summed E-state index contributed by atoms with van der Waals surface area (Å²) in [7, 11) is 0. The number of aliphatic carboxylic acids is 1. The molecule has 110 valence electrons. The third kappa shape index (κ3) is 2.88. The van der Waals surface area contributed by atoms with Crippen LogP contribution in [-0.2, 0) is 9.59 Å². The molecule has 0 aromatic rings. The highest BCUT2D eigenvalue weighted by atomic mass is 19.1. The van der Waals surface area contributed by atoms with Gasteiger partial charge in [-0.05, 0) is 37.1 Å². The van der Waals surface area contributed by atoms with Crippen molar-refractivity contribution in [2.24, 2.45) is 5.41 Å². The number of carboxylic acid groups (broad SMARTS) is 1. The number of aliphatic hydroxyl groups is 1. The van der Waals surface area contributed by atoms with Crippen LogP contribution in [0.5, 0.6) is 0 Å².